The number of nitrogens with zero attached hydrogens (tertiary/aromatic N) is 5. The van der Waals surface area contributed by atoms with Crippen LogP contribution in [-0.4, -0.2) is 51.8 Å². The normalized spacial score (nSPS) is 18.9. The van der Waals surface area contributed by atoms with E-state index in [1.807, 2.05) is 18.7 Å². The summed E-state index contributed by atoms with van der Waals surface area (Å²) in [6.45, 7) is 8.66. The quantitative estimate of drug-likeness (QED) is 0.848. The molecule has 0 saturated carbocycles. The minimum Gasteiger partial charge on any atom is -0.295 e. The highest BCUT2D eigenvalue weighted by atomic mass is 35.5. The van der Waals surface area contributed by atoms with Gasteiger partial charge in [-0.3, -0.25) is 14.5 Å². The Kier molecular flexibility index (Phi) is 5.03. The van der Waals surface area contributed by atoms with Gasteiger partial charge < -0.3 is 0 Å². The summed E-state index contributed by atoms with van der Waals surface area (Å²) >= 11 is 6.39. The first-order valence-corrected chi connectivity index (χ1v) is 7.50. The van der Waals surface area contributed by atoms with Gasteiger partial charge in [0, 0.05) is 39.8 Å². The second-order valence-electron chi connectivity index (χ2n) is 5.30. The molecular formula is C14H22ClN5. The van der Waals surface area contributed by atoms with Crippen LogP contribution >= 0.6 is 11.6 Å². The lowest BCUT2D eigenvalue weighted by Gasteiger charge is -2.35. The molecule has 5 nitrogen and oxygen atoms in total. The summed E-state index contributed by atoms with van der Waals surface area (Å²) in [7, 11) is 1.95. The van der Waals surface area contributed by atoms with Crippen molar-refractivity contribution in [2.45, 2.75) is 32.9 Å². The van der Waals surface area contributed by atoms with Crippen LogP contribution in [0.1, 0.15) is 25.2 Å². The number of piperazine rings is 1. The van der Waals surface area contributed by atoms with Gasteiger partial charge in [0.05, 0.1) is 28.5 Å². The number of aromatic nitrogens is 2. The molecule has 110 valence electrons. The summed E-state index contributed by atoms with van der Waals surface area (Å²) in [5.74, 6) is 0. The van der Waals surface area contributed by atoms with Crippen LogP contribution in [0.5, 0.6) is 0 Å². The summed E-state index contributed by atoms with van der Waals surface area (Å²) < 4.78 is 1.89. The van der Waals surface area contributed by atoms with Gasteiger partial charge in [-0.2, -0.15) is 10.4 Å². The van der Waals surface area contributed by atoms with Gasteiger partial charge in [0.2, 0.25) is 0 Å². The zero-order chi connectivity index (χ0) is 14.7. The molecule has 20 heavy (non-hydrogen) atoms. The Labute approximate surface area is 125 Å². The maximum Gasteiger partial charge on any atom is 0.0950 e. The minimum atomic E-state index is 0.00383. The van der Waals surface area contributed by atoms with Crippen LogP contribution in [0.15, 0.2) is 0 Å². The molecular weight excluding hydrogens is 274 g/mol. The molecule has 0 radical (unpaired) electrons. The van der Waals surface area contributed by atoms with Crippen molar-refractivity contribution in [3.8, 4) is 6.07 Å². The molecule has 1 fully saturated rings. The van der Waals surface area contributed by atoms with E-state index in [-0.39, 0.29) is 6.04 Å². The second kappa shape index (κ2) is 6.57. The van der Waals surface area contributed by atoms with Crippen LogP contribution in [0.25, 0.3) is 0 Å². The standard InChI is InChI=1S/C14H22ClN5/c1-4-12-14(15)13(18(3)17-12)10-19-5-7-20(8-6-19)11(2)9-16/h11H,4-8,10H2,1-3H3. The maximum absolute atomic E-state index is 8.96. The average molecular weight is 296 g/mol. The topological polar surface area (TPSA) is 48.1 Å². The lowest BCUT2D eigenvalue weighted by molar-refractivity contribution is 0.112. The smallest absolute Gasteiger partial charge is 0.0950 e. The van der Waals surface area contributed by atoms with Gasteiger partial charge in [-0.25, -0.2) is 0 Å². The Balaban J connectivity index is 1.96. The largest absolute Gasteiger partial charge is 0.295 e. The van der Waals surface area contributed by atoms with Gasteiger partial charge in [-0.1, -0.05) is 18.5 Å². The zero-order valence-corrected chi connectivity index (χ0v) is 13.2. The van der Waals surface area contributed by atoms with Crippen molar-refractivity contribution >= 4 is 11.6 Å². The maximum atomic E-state index is 8.96. The van der Waals surface area contributed by atoms with Crippen molar-refractivity contribution in [2.75, 3.05) is 26.2 Å². The van der Waals surface area contributed by atoms with Crippen LogP contribution in [0, 0.1) is 11.3 Å². The summed E-state index contributed by atoms with van der Waals surface area (Å²) in [5, 5.41) is 14.2. The highest BCUT2D eigenvalue weighted by molar-refractivity contribution is 6.31. The van der Waals surface area contributed by atoms with E-state index in [9.17, 15) is 0 Å². The van der Waals surface area contributed by atoms with E-state index >= 15 is 0 Å². The molecule has 1 aromatic heterocycles. The fraction of sp³-hybridized carbons (Fsp3) is 0.714. The molecule has 1 unspecified atom stereocenters. The Morgan fingerprint density at radius 1 is 1.35 bits per heavy atom. The van der Waals surface area contributed by atoms with Gasteiger partial charge in [0.1, 0.15) is 0 Å². The molecule has 6 heteroatoms. The molecule has 0 aromatic carbocycles. The van der Waals surface area contributed by atoms with Crippen molar-refractivity contribution < 1.29 is 0 Å². The number of rotatable bonds is 4. The summed E-state index contributed by atoms with van der Waals surface area (Å²) in [6, 6.07) is 2.30. The van der Waals surface area contributed by atoms with E-state index in [0.29, 0.717) is 0 Å². The first-order chi connectivity index (χ1) is 9.56. The van der Waals surface area contributed by atoms with Crippen LogP contribution in [0.2, 0.25) is 5.02 Å². The molecule has 0 spiro atoms. The Bertz CT molecular complexity index is 496. The Morgan fingerprint density at radius 2 is 2.00 bits per heavy atom. The SMILES string of the molecule is CCc1nn(C)c(CN2CCN(C(C)C#N)CC2)c1Cl. The van der Waals surface area contributed by atoms with Gasteiger partial charge >= 0.3 is 0 Å². The fourth-order valence-corrected chi connectivity index (χ4v) is 2.95. The third-order valence-corrected chi connectivity index (χ3v) is 4.45. The third kappa shape index (κ3) is 3.14. The number of hydrogen-bond donors (Lipinski definition) is 0. The van der Waals surface area contributed by atoms with Crippen LogP contribution < -0.4 is 0 Å². The van der Waals surface area contributed by atoms with Crippen molar-refractivity contribution in [1.82, 2.24) is 19.6 Å². The summed E-state index contributed by atoms with van der Waals surface area (Å²) in [4.78, 5) is 4.60. The lowest BCUT2D eigenvalue weighted by Crippen LogP contribution is -2.48. The van der Waals surface area contributed by atoms with Gasteiger partial charge in [-0.05, 0) is 13.3 Å². The molecule has 1 aliphatic rings. The van der Waals surface area contributed by atoms with Gasteiger partial charge in [0.25, 0.3) is 0 Å². The molecule has 0 bridgehead atoms. The van der Waals surface area contributed by atoms with Gasteiger partial charge in [-0.15, -0.1) is 0 Å². The number of halogens is 1. The minimum absolute atomic E-state index is 0.00383. The fourth-order valence-electron chi connectivity index (χ4n) is 2.59. The number of hydrogen-bond acceptors (Lipinski definition) is 4. The van der Waals surface area contributed by atoms with E-state index in [1.165, 1.54) is 0 Å². The Morgan fingerprint density at radius 3 is 2.50 bits per heavy atom. The molecule has 1 atom stereocenters. The lowest BCUT2D eigenvalue weighted by atomic mass is 10.2. The Hall–Kier alpha value is -1.09. The number of nitriles is 1. The molecule has 1 aromatic rings. The van der Waals surface area contributed by atoms with Crippen molar-refractivity contribution in [3.05, 3.63) is 16.4 Å². The van der Waals surface area contributed by atoms with Crippen molar-refractivity contribution in [1.29, 1.82) is 5.26 Å². The number of aryl methyl sites for hydroxylation is 2. The van der Waals surface area contributed by atoms with Crippen LogP contribution in [0.3, 0.4) is 0 Å². The van der Waals surface area contributed by atoms with Crippen molar-refractivity contribution in [2.24, 2.45) is 7.05 Å². The molecule has 0 N–H and O–H groups in total. The van der Waals surface area contributed by atoms with E-state index < -0.39 is 0 Å². The summed E-state index contributed by atoms with van der Waals surface area (Å²) in [5.41, 5.74) is 2.06. The molecule has 2 rings (SSSR count). The highest BCUT2D eigenvalue weighted by Gasteiger charge is 2.23. The zero-order valence-electron chi connectivity index (χ0n) is 12.4. The third-order valence-electron chi connectivity index (χ3n) is 4.02. The average Bonchev–Trinajstić information content (AvgIpc) is 2.74. The molecule has 2 heterocycles. The highest BCUT2D eigenvalue weighted by Crippen LogP contribution is 2.22. The van der Waals surface area contributed by atoms with E-state index in [0.717, 1.165) is 55.6 Å². The predicted octanol–water partition coefficient (Wildman–Crippen LogP) is 1.67. The van der Waals surface area contributed by atoms with E-state index in [4.69, 9.17) is 16.9 Å². The van der Waals surface area contributed by atoms with E-state index in [1.54, 1.807) is 0 Å². The second-order valence-corrected chi connectivity index (χ2v) is 5.68. The van der Waals surface area contributed by atoms with Crippen LogP contribution in [0.4, 0.5) is 0 Å². The van der Waals surface area contributed by atoms with Crippen molar-refractivity contribution in [3.63, 3.8) is 0 Å². The first kappa shape index (κ1) is 15.3. The predicted molar refractivity (Wildman–Crippen MR) is 79.5 cm³/mol. The van der Waals surface area contributed by atoms with Gasteiger partial charge in [0.15, 0.2) is 0 Å². The molecule has 0 amide bonds. The molecule has 1 aliphatic heterocycles. The summed E-state index contributed by atoms with van der Waals surface area (Å²) in [6.07, 6.45) is 0.861. The monoisotopic (exact) mass is 295 g/mol. The molecule has 0 aliphatic carbocycles. The molecule has 1 saturated heterocycles. The van der Waals surface area contributed by atoms with Crippen LogP contribution in [-0.2, 0) is 20.0 Å². The first-order valence-electron chi connectivity index (χ1n) is 7.13. The van der Waals surface area contributed by atoms with E-state index in [2.05, 4.69) is 27.9 Å².